The summed E-state index contributed by atoms with van der Waals surface area (Å²) >= 11 is 5.82. The van der Waals surface area contributed by atoms with Crippen molar-refractivity contribution < 1.29 is 0 Å². The predicted molar refractivity (Wildman–Crippen MR) is 66.9 cm³/mol. The van der Waals surface area contributed by atoms with Crippen LogP contribution in [0.2, 0.25) is 5.02 Å². The zero-order valence-corrected chi connectivity index (χ0v) is 9.83. The highest BCUT2D eigenvalue weighted by Gasteiger charge is 2.02. The molecule has 0 radical (unpaired) electrons. The number of H-pyrrole nitrogens is 1. The summed E-state index contributed by atoms with van der Waals surface area (Å²) in [6, 6.07) is 7.33. The Kier molecular flexibility index (Phi) is 3.63. The van der Waals surface area contributed by atoms with E-state index in [1.165, 1.54) is 0 Å². The molecule has 0 amide bonds. The van der Waals surface area contributed by atoms with Gasteiger partial charge < -0.3 is 10.3 Å². The zero-order chi connectivity index (χ0) is 12.1. The van der Waals surface area contributed by atoms with Gasteiger partial charge in [-0.3, -0.25) is 0 Å². The van der Waals surface area contributed by atoms with Crippen molar-refractivity contribution in [1.82, 2.24) is 9.97 Å². The number of aromatic amines is 1. The van der Waals surface area contributed by atoms with Crippen molar-refractivity contribution in [1.29, 1.82) is 5.26 Å². The van der Waals surface area contributed by atoms with Gasteiger partial charge in [-0.1, -0.05) is 11.6 Å². The highest BCUT2D eigenvalue weighted by molar-refractivity contribution is 6.30. The van der Waals surface area contributed by atoms with Crippen molar-refractivity contribution in [2.45, 2.75) is 6.42 Å². The number of nitrogens with zero attached hydrogens (tertiary/aromatic N) is 2. The Morgan fingerprint density at radius 3 is 3.06 bits per heavy atom. The summed E-state index contributed by atoms with van der Waals surface area (Å²) in [4.78, 5) is 7.15. The van der Waals surface area contributed by atoms with Crippen LogP contribution in [0.1, 0.15) is 11.4 Å². The third-order valence-corrected chi connectivity index (χ3v) is 2.57. The Balaban J connectivity index is 1.97. The molecular weight excluding hydrogens is 236 g/mol. The smallest absolute Gasteiger partial charge is 0.107 e. The van der Waals surface area contributed by atoms with E-state index in [0.717, 1.165) is 17.9 Å². The van der Waals surface area contributed by atoms with Gasteiger partial charge in [-0.05, 0) is 18.2 Å². The van der Waals surface area contributed by atoms with Crippen molar-refractivity contribution in [3.05, 3.63) is 47.0 Å². The second-order valence-corrected chi connectivity index (χ2v) is 3.95. The molecule has 4 nitrogen and oxygen atoms in total. The molecule has 0 unspecified atom stereocenters. The van der Waals surface area contributed by atoms with E-state index < -0.39 is 0 Å². The maximum absolute atomic E-state index is 8.96. The number of hydrogen-bond donors (Lipinski definition) is 2. The summed E-state index contributed by atoms with van der Waals surface area (Å²) < 4.78 is 0. The molecule has 0 fully saturated rings. The van der Waals surface area contributed by atoms with E-state index in [1.54, 1.807) is 24.5 Å². The molecule has 0 aliphatic rings. The van der Waals surface area contributed by atoms with E-state index in [4.69, 9.17) is 16.9 Å². The molecule has 5 heteroatoms. The summed E-state index contributed by atoms with van der Waals surface area (Å²) in [6.45, 7) is 0.712. The van der Waals surface area contributed by atoms with Gasteiger partial charge in [0.2, 0.25) is 0 Å². The Morgan fingerprint density at radius 1 is 1.47 bits per heavy atom. The van der Waals surface area contributed by atoms with Crippen LogP contribution in [0, 0.1) is 11.3 Å². The van der Waals surface area contributed by atoms with Gasteiger partial charge in [0.05, 0.1) is 11.3 Å². The summed E-state index contributed by atoms with van der Waals surface area (Å²) in [5.41, 5.74) is 1.35. The van der Waals surface area contributed by atoms with E-state index in [0.29, 0.717) is 17.1 Å². The number of aromatic nitrogens is 2. The molecule has 86 valence electrons. The Hall–Kier alpha value is -1.99. The minimum atomic E-state index is 0.553. The summed E-state index contributed by atoms with van der Waals surface area (Å²) in [5.74, 6) is 0.921. The van der Waals surface area contributed by atoms with E-state index in [2.05, 4.69) is 21.4 Å². The number of halogens is 1. The molecule has 0 saturated heterocycles. The van der Waals surface area contributed by atoms with Gasteiger partial charge in [-0.2, -0.15) is 5.26 Å². The van der Waals surface area contributed by atoms with Gasteiger partial charge in [0, 0.05) is 30.4 Å². The van der Waals surface area contributed by atoms with Crippen LogP contribution in [0.4, 0.5) is 5.69 Å². The molecule has 1 aromatic carbocycles. The minimum absolute atomic E-state index is 0.553. The standard InChI is InChI=1S/C12H11ClN4/c13-10-1-2-11(9(7-10)8-14)15-4-3-12-16-5-6-17-12/h1-2,5-7,15H,3-4H2,(H,16,17). The Morgan fingerprint density at radius 2 is 2.35 bits per heavy atom. The lowest BCUT2D eigenvalue weighted by atomic mass is 10.2. The SMILES string of the molecule is N#Cc1cc(Cl)ccc1NCCc1ncc[nH]1. The molecule has 2 N–H and O–H groups in total. The second kappa shape index (κ2) is 5.37. The lowest BCUT2D eigenvalue weighted by Gasteiger charge is -2.07. The zero-order valence-electron chi connectivity index (χ0n) is 9.07. The van der Waals surface area contributed by atoms with Crippen LogP contribution < -0.4 is 5.32 Å². The molecule has 0 spiro atoms. The average Bonchev–Trinajstić information content (AvgIpc) is 2.84. The summed E-state index contributed by atoms with van der Waals surface area (Å²) in [7, 11) is 0. The normalized spacial score (nSPS) is 9.88. The molecular formula is C12H11ClN4. The summed E-state index contributed by atoms with van der Waals surface area (Å²) in [5, 5.41) is 12.7. The molecule has 1 aromatic heterocycles. The lowest BCUT2D eigenvalue weighted by Crippen LogP contribution is -2.07. The van der Waals surface area contributed by atoms with E-state index in [1.807, 2.05) is 6.07 Å². The molecule has 0 saturated carbocycles. The van der Waals surface area contributed by atoms with E-state index >= 15 is 0 Å². The average molecular weight is 247 g/mol. The first kappa shape index (κ1) is 11.5. The van der Waals surface area contributed by atoms with E-state index in [-0.39, 0.29) is 0 Å². The molecule has 0 atom stereocenters. The fraction of sp³-hybridized carbons (Fsp3) is 0.167. The molecule has 2 rings (SSSR count). The summed E-state index contributed by atoms with van der Waals surface area (Å²) in [6.07, 6.45) is 4.29. The van der Waals surface area contributed by atoms with Crippen molar-refractivity contribution >= 4 is 17.3 Å². The number of imidazole rings is 1. The van der Waals surface area contributed by atoms with Crippen molar-refractivity contribution in [2.75, 3.05) is 11.9 Å². The van der Waals surface area contributed by atoms with Crippen LogP contribution >= 0.6 is 11.6 Å². The van der Waals surface area contributed by atoms with Gasteiger partial charge >= 0.3 is 0 Å². The van der Waals surface area contributed by atoms with Crippen LogP contribution in [0.3, 0.4) is 0 Å². The Labute approximate surface area is 104 Å². The Bertz CT molecular complexity index is 528. The van der Waals surface area contributed by atoms with Gasteiger partial charge in [0.25, 0.3) is 0 Å². The van der Waals surface area contributed by atoms with Crippen LogP contribution in [-0.4, -0.2) is 16.5 Å². The van der Waals surface area contributed by atoms with Gasteiger partial charge in [0.15, 0.2) is 0 Å². The number of benzene rings is 1. The van der Waals surface area contributed by atoms with Gasteiger partial charge in [0.1, 0.15) is 11.9 Å². The van der Waals surface area contributed by atoms with Crippen LogP contribution in [0.15, 0.2) is 30.6 Å². The monoisotopic (exact) mass is 246 g/mol. The van der Waals surface area contributed by atoms with Crippen molar-refractivity contribution in [3.63, 3.8) is 0 Å². The number of hydrogen-bond acceptors (Lipinski definition) is 3. The highest BCUT2D eigenvalue weighted by atomic mass is 35.5. The topological polar surface area (TPSA) is 64.5 Å². The van der Waals surface area contributed by atoms with Crippen LogP contribution in [0.25, 0.3) is 0 Å². The molecule has 17 heavy (non-hydrogen) atoms. The van der Waals surface area contributed by atoms with Crippen LogP contribution in [0.5, 0.6) is 0 Å². The second-order valence-electron chi connectivity index (χ2n) is 3.51. The number of nitriles is 1. The molecule has 0 bridgehead atoms. The number of anilines is 1. The first-order valence-electron chi connectivity index (χ1n) is 5.21. The maximum Gasteiger partial charge on any atom is 0.107 e. The quantitative estimate of drug-likeness (QED) is 0.872. The first-order chi connectivity index (χ1) is 8.29. The molecule has 1 heterocycles. The fourth-order valence-electron chi connectivity index (χ4n) is 1.51. The molecule has 2 aromatic rings. The molecule has 0 aliphatic carbocycles. The minimum Gasteiger partial charge on any atom is -0.384 e. The van der Waals surface area contributed by atoms with Crippen LogP contribution in [-0.2, 0) is 6.42 Å². The highest BCUT2D eigenvalue weighted by Crippen LogP contribution is 2.19. The number of nitrogens with one attached hydrogen (secondary N) is 2. The lowest BCUT2D eigenvalue weighted by molar-refractivity contribution is 0.927. The first-order valence-corrected chi connectivity index (χ1v) is 5.59. The maximum atomic E-state index is 8.96. The van der Waals surface area contributed by atoms with Gasteiger partial charge in [-0.15, -0.1) is 0 Å². The largest absolute Gasteiger partial charge is 0.384 e. The van der Waals surface area contributed by atoms with Gasteiger partial charge in [-0.25, -0.2) is 4.98 Å². The van der Waals surface area contributed by atoms with Crippen molar-refractivity contribution in [2.24, 2.45) is 0 Å². The third-order valence-electron chi connectivity index (χ3n) is 2.33. The van der Waals surface area contributed by atoms with Crippen molar-refractivity contribution in [3.8, 4) is 6.07 Å². The fourth-order valence-corrected chi connectivity index (χ4v) is 1.69. The molecule has 0 aliphatic heterocycles. The number of rotatable bonds is 4. The van der Waals surface area contributed by atoms with E-state index in [9.17, 15) is 0 Å². The predicted octanol–water partition coefficient (Wildman–Crippen LogP) is 2.59. The third kappa shape index (κ3) is 2.99.